The van der Waals surface area contributed by atoms with Gasteiger partial charge in [0.15, 0.2) is 0 Å². The molecule has 2 aromatic heterocycles. The van der Waals surface area contributed by atoms with Gasteiger partial charge in [0.05, 0.1) is 17.6 Å². The molecular weight excluding hydrogens is 352 g/mol. The maximum absolute atomic E-state index is 12.6. The molecule has 7 heteroatoms. The first kappa shape index (κ1) is 18.2. The topological polar surface area (TPSA) is 75.9 Å². The van der Waals surface area contributed by atoms with Crippen molar-refractivity contribution in [3.8, 4) is 5.69 Å². The number of anilines is 2. The van der Waals surface area contributed by atoms with E-state index < -0.39 is 0 Å². The van der Waals surface area contributed by atoms with Crippen LogP contribution in [0.1, 0.15) is 24.2 Å². The summed E-state index contributed by atoms with van der Waals surface area (Å²) in [7, 11) is 0. The van der Waals surface area contributed by atoms with Gasteiger partial charge in [0, 0.05) is 42.8 Å². The molecule has 0 spiro atoms. The number of carbonyl (C=O) groups excluding carboxylic acids is 1. The molecule has 1 aromatic carbocycles. The predicted molar refractivity (Wildman–Crippen MR) is 109 cm³/mol. The monoisotopic (exact) mass is 376 g/mol. The van der Waals surface area contributed by atoms with Crippen LogP contribution in [0.2, 0.25) is 0 Å². The molecule has 0 aliphatic carbocycles. The van der Waals surface area contributed by atoms with Crippen molar-refractivity contribution in [2.75, 3.05) is 23.3 Å². The van der Waals surface area contributed by atoms with Crippen LogP contribution in [0, 0.1) is 19.8 Å². The number of nitrogens with one attached hydrogen (secondary N) is 1. The molecule has 0 unspecified atom stereocenters. The van der Waals surface area contributed by atoms with E-state index in [4.69, 9.17) is 0 Å². The molecule has 1 saturated heterocycles. The molecule has 0 atom stereocenters. The molecule has 1 N–H and O–H groups in total. The minimum atomic E-state index is 0.0172. The Kier molecular flexibility index (Phi) is 5.06. The van der Waals surface area contributed by atoms with Gasteiger partial charge in [0.25, 0.3) is 0 Å². The second-order valence-electron chi connectivity index (χ2n) is 7.20. The summed E-state index contributed by atoms with van der Waals surface area (Å²) in [5.74, 6) is 0.974. The van der Waals surface area contributed by atoms with Crippen LogP contribution in [-0.2, 0) is 4.79 Å². The summed E-state index contributed by atoms with van der Waals surface area (Å²) in [6.07, 6.45) is 6.76. The van der Waals surface area contributed by atoms with Gasteiger partial charge in [-0.25, -0.2) is 9.67 Å². The highest BCUT2D eigenvalue weighted by atomic mass is 16.1. The summed E-state index contributed by atoms with van der Waals surface area (Å²) in [5.41, 5.74) is 3.87. The second-order valence-corrected chi connectivity index (χ2v) is 7.20. The molecule has 1 amide bonds. The number of carbonyl (C=O) groups is 1. The van der Waals surface area contributed by atoms with Crippen molar-refractivity contribution < 1.29 is 4.79 Å². The van der Waals surface area contributed by atoms with Crippen LogP contribution in [0.3, 0.4) is 0 Å². The summed E-state index contributed by atoms with van der Waals surface area (Å²) in [4.78, 5) is 23.3. The number of aryl methyl sites for hydroxylation is 2. The van der Waals surface area contributed by atoms with Gasteiger partial charge in [-0.2, -0.15) is 5.10 Å². The number of benzene rings is 1. The van der Waals surface area contributed by atoms with Crippen LogP contribution in [0.15, 0.2) is 48.9 Å². The van der Waals surface area contributed by atoms with Crippen LogP contribution < -0.4 is 10.2 Å². The van der Waals surface area contributed by atoms with Crippen molar-refractivity contribution >= 4 is 17.4 Å². The fourth-order valence-electron chi connectivity index (χ4n) is 3.65. The average molecular weight is 376 g/mol. The van der Waals surface area contributed by atoms with E-state index in [0.29, 0.717) is 0 Å². The highest BCUT2D eigenvalue weighted by Gasteiger charge is 2.25. The summed E-state index contributed by atoms with van der Waals surface area (Å²) in [6, 6.07) is 9.86. The van der Waals surface area contributed by atoms with Gasteiger partial charge in [0.1, 0.15) is 5.82 Å². The number of aromatic nitrogens is 4. The van der Waals surface area contributed by atoms with Crippen molar-refractivity contribution in [1.82, 2.24) is 19.7 Å². The number of rotatable bonds is 4. The fourth-order valence-corrected chi connectivity index (χ4v) is 3.65. The summed E-state index contributed by atoms with van der Waals surface area (Å²) in [6.45, 7) is 5.64. The van der Waals surface area contributed by atoms with Crippen molar-refractivity contribution in [1.29, 1.82) is 0 Å². The minimum absolute atomic E-state index is 0.0172. The van der Waals surface area contributed by atoms with E-state index in [2.05, 4.69) is 25.3 Å². The van der Waals surface area contributed by atoms with E-state index in [1.54, 1.807) is 18.6 Å². The second kappa shape index (κ2) is 7.80. The Hall–Kier alpha value is -3.22. The highest BCUT2D eigenvalue weighted by molar-refractivity contribution is 5.92. The third-order valence-corrected chi connectivity index (χ3v) is 5.13. The van der Waals surface area contributed by atoms with E-state index >= 15 is 0 Å². The van der Waals surface area contributed by atoms with Crippen LogP contribution in [-0.4, -0.2) is 38.7 Å². The lowest BCUT2D eigenvalue weighted by molar-refractivity contribution is -0.120. The number of piperidine rings is 1. The molecule has 7 nitrogen and oxygen atoms in total. The van der Waals surface area contributed by atoms with E-state index in [1.165, 1.54) is 0 Å². The molecule has 0 bridgehead atoms. The number of hydrogen-bond acceptors (Lipinski definition) is 5. The van der Waals surface area contributed by atoms with Gasteiger partial charge < -0.3 is 10.2 Å². The van der Waals surface area contributed by atoms with Crippen LogP contribution in [0.25, 0.3) is 5.69 Å². The molecule has 144 valence electrons. The minimum Gasteiger partial charge on any atom is -0.355 e. The Bertz CT molecular complexity index is 943. The number of hydrogen-bond donors (Lipinski definition) is 1. The third-order valence-electron chi connectivity index (χ3n) is 5.13. The van der Waals surface area contributed by atoms with Crippen molar-refractivity contribution in [2.24, 2.45) is 5.92 Å². The number of nitrogens with zero attached hydrogens (tertiary/aromatic N) is 5. The van der Waals surface area contributed by atoms with Gasteiger partial charge in [-0.15, -0.1) is 0 Å². The highest BCUT2D eigenvalue weighted by Crippen LogP contribution is 2.23. The van der Waals surface area contributed by atoms with Crippen molar-refractivity contribution in [2.45, 2.75) is 26.7 Å². The standard InChI is InChI=1S/C21H24N6O/c1-15-13-16(2)27(25-15)19-5-3-18(4-6-19)24-21(28)17-7-11-26(12-8-17)20-14-22-9-10-23-20/h3-6,9-10,13-14,17H,7-8,11-12H2,1-2H3,(H,24,28). The first-order valence-corrected chi connectivity index (χ1v) is 9.56. The Morgan fingerprint density at radius 2 is 1.86 bits per heavy atom. The molecule has 1 aliphatic heterocycles. The van der Waals surface area contributed by atoms with E-state index in [1.807, 2.05) is 48.9 Å². The lowest BCUT2D eigenvalue weighted by Gasteiger charge is -2.31. The molecule has 1 aliphatic rings. The molecule has 4 rings (SSSR count). The molecular formula is C21H24N6O. The normalized spacial score (nSPS) is 14.9. The lowest BCUT2D eigenvalue weighted by atomic mass is 9.96. The van der Waals surface area contributed by atoms with Crippen LogP contribution in [0.5, 0.6) is 0 Å². The van der Waals surface area contributed by atoms with E-state index in [0.717, 1.165) is 54.5 Å². The molecule has 1 fully saturated rings. The van der Waals surface area contributed by atoms with Gasteiger partial charge in [-0.1, -0.05) is 0 Å². The SMILES string of the molecule is Cc1cc(C)n(-c2ccc(NC(=O)C3CCN(c4cnccn4)CC3)cc2)n1. The predicted octanol–water partition coefficient (Wildman–Crippen LogP) is 3.13. The molecule has 28 heavy (non-hydrogen) atoms. The van der Waals surface area contributed by atoms with Gasteiger partial charge in [-0.05, 0) is 57.0 Å². The Balaban J connectivity index is 1.35. The third kappa shape index (κ3) is 3.88. The van der Waals surface area contributed by atoms with E-state index in [9.17, 15) is 4.79 Å². The Labute approximate surface area is 164 Å². The molecule has 3 heterocycles. The average Bonchev–Trinajstić information content (AvgIpc) is 3.07. The Morgan fingerprint density at radius 1 is 1.11 bits per heavy atom. The van der Waals surface area contributed by atoms with E-state index in [-0.39, 0.29) is 11.8 Å². The van der Waals surface area contributed by atoms with Crippen LogP contribution in [0.4, 0.5) is 11.5 Å². The first-order valence-electron chi connectivity index (χ1n) is 9.56. The summed E-state index contributed by atoms with van der Waals surface area (Å²) in [5, 5.41) is 7.54. The number of amides is 1. The zero-order chi connectivity index (χ0) is 19.5. The zero-order valence-electron chi connectivity index (χ0n) is 16.2. The van der Waals surface area contributed by atoms with Crippen molar-refractivity contribution in [3.63, 3.8) is 0 Å². The maximum atomic E-state index is 12.6. The smallest absolute Gasteiger partial charge is 0.227 e. The first-order chi connectivity index (χ1) is 13.6. The maximum Gasteiger partial charge on any atom is 0.227 e. The van der Waals surface area contributed by atoms with Gasteiger partial charge >= 0.3 is 0 Å². The largest absolute Gasteiger partial charge is 0.355 e. The summed E-state index contributed by atoms with van der Waals surface area (Å²) >= 11 is 0. The quantitative estimate of drug-likeness (QED) is 0.757. The molecule has 0 radical (unpaired) electrons. The Morgan fingerprint density at radius 3 is 2.46 bits per heavy atom. The van der Waals surface area contributed by atoms with Gasteiger partial charge in [0.2, 0.25) is 5.91 Å². The van der Waals surface area contributed by atoms with Crippen molar-refractivity contribution in [3.05, 3.63) is 60.3 Å². The lowest BCUT2D eigenvalue weighted by Crippen LogP contribution is -2.38. The zero-order valence-corrected chi connectivity index (χ0v) is 16.2. The van der Waals surface area contributed by atoms with Gasteiger partial charge in [-0.3, -0.25) is 9.78 Å². The fraction of sp³-hybridized carbons (Fsp3) is 0.333. The molecule has 3 aromatic rings. The summed E-state index contributed by atoms with van der Waals surface area (Å²) < 4.78 is 1.91. The molecule has 0 saturated carbocycles. The van der Waals surface area contributed by atoms with Crippen LogP contribution >= 0.6 is 0 Å².